The van der Waals surface area contributed by atoms with Gasteiger partial charge in [0.1, 0.15) is 0 Å². The lowest BCUT2D eigenvalue weighted by Crippen LogP contribution is -2.23. The van der Waals surface area contributed by atoms with E-state index in [9.17, 15) is 0 Å². The molecule has 1 saturated carbocycles. The van der Waals surface area contributed by atoms with Gasteiger partial charge in [-0.15, -0.1) is 0 Å². The molecule has 0 amide bonds. The van der Waals surface area contributed by atoms with Crippen LogP contribution >= 0.6 is 0 Å². The van der Waals surface area contributed by atoms with Gasteiger partial charge in [0.15, 0.2) is 0 Å². The second-order valence-electron chi connectivity index (χ2n) is 5.02. The Morgan fingerprint density at radius 3 is 2.41 bits per heavy atom. The molecule has 2 N–H and O–H groups in total. The quantitative estimate of drug-likeness (QED) is 0.848. The molecule has 17 heavy (non-hydrogen) atoms. The molecule has 0 saturated heterocycles. The zero-order valence-corrected chi connectivity index (χ0v) is 10.5. The van der Waals surface area contributed by atoms with Crippen molar-refractivity contribution < 1.29 is 4.74 Å². The van der Waals surface area contributed by atoms with Crippen LogP contribution in [0.25, 0.3) is 0 Å². The van der Waals surface area contributed by atoms with Crippen molar-refractivity contribution in [2.24, 2.45) is 11.7 Å². The van der Waals surface area contributed by atoms with Crippen LogP contribution in [0.4, 0.5) is 0 Å². The summed E-state index contributed by atoms with van der Waals surface area (Å²) in [5.74, 6) is 0.844. The van der Waals surface area contributed by atoms with Crippen molar-refractivity contribution >= 4 is 0 Å². The highest BCUT2D eigenvalue weighted by Crippen LogP contribution is 2.28. The van der Waals surface area contributed by atoms with Crippen molar-refractivity contribution in [1.29, 1.82) is 0 Å². The molecular weight excluding hydrogens is 210 g/mol. The highest BCUT2D eigenvalue weighted by Gasteiger charge is 2.20. The first-order chi connectivity index (χ1) is 8.38. The van der Waals surface area contributed by atoms with E-state index in [1.807, 2.05) is 6.07 Å². The van der Waals surface area contributed by atoms with Gasteiger partial charge in [-0.1, -0.05) is 30.3 Å². The van der Waals surface area contributed by atoms with Gasteiger partial charge in [-0.25, -0.2) is 0 Å². The van der Waals surface area contributed by atoms with Gasteiger partial charge in [0.25, 0.3) is 0 Å². The summed E-state index contributed by atoms with van der Waals surface area (Å²) >= 11 is 0. The Hall–Kier alpha value is -0.860. The van der Waals surface area contributed by atoms with Crippen LogP contribution < -0.4 is 5.73 Å². The second-order valence-corrected chi connectivity index (χ2v) is 5.02. The number of benzene rings is 1. The minimum absolute atomic E-state index is 0.462. The minimum atomic E-state index is 0.462. The fourth-order valence-electron chi connectivity index (χ4n) is 2.61. The van der Waals surface area contributed by atoms with Crippen LogP contribution in [0.1, 0.15) is 37.7 Å². The summed E-state index contributed by atoms with van der Waals surface area (Å²) < 4.78 is 5.96. The van der Waals surface area contributed by atoms with Gasteiger partial charge < -0.3 is 10.5 Å². The number of ether oxygens (including phenoxy) is 1. The first-order valence-electron chi connectivity index (χ1n) is 6.74. The van der Waals surface area contributed by atoms with Crippen molar-refractivity contribution in [2.75, 3.05) is 6.54 Å². The van der Waals surface area contributed by atoms with Gasteiger partial charge in [0.05, 0.1) is 12.7 Å². The molecule has 1 fully saturated rings. The predicted molar refractivity (Wildman–Crippen MR) is 70.6 cm³/mol. The maximum Gasteiger partial charge on any atom is 0.0720 e. The molecule has 0 aliphatic heterocycles. The Bertz CT molecular complexity index is 304. The molecular formula is C15H23NO. The predicted octanol–water partition coefficient (Wildman–Crippen LogP) is 3.11. The maximum absolute atomic E-state index is 5.96. The van der Waals surface area contributed by atoms with E-state index in [1.165, 1.54) is 37.7 Å². The lowest BCUT2D eigenvalue weighted by atomic mass is 9.85. The number of rotatable bonds is 5. The SMILES string of the molecule is NCCC1CCC(OCc2ccccc2)CC1. The summed E-state index contributed by atoms with van der Waals surface area (Å²) in [5, 5.41) is 0. The van der Waals surface area contributed by atoms with Crippen LogP contribution in [0.2, 0.25) is 0 Å². The van der Waals surface area contributed by atoms with Gasteiger partial charge in [0.2, 0.25) is 0 Å². The molecule has 2 heteroatoms. The summed E-state index contributed by atoms with van der Waals surface area (Å²) in [4.78, 5) is 0. The Morgan fingerprint density at radius 1 is 1.06 bits per heavy atom. The normalized spacial score (nSPS) is 24.8. The van der Waals surface area contributed by atoms with Gasteiger partial charge in [-0.2, -0.15) is 0 Å². The van der Waals surface area contributed by atoms with Crippen LogP contribution in [0, 0.1) is 5.92 Å². The molecule has 0 atom stereocenters. The van der Waals surface area contributed by atoms with Gasteiger partial charge >= 0.3 is 0 Å². The van der Waals surface area contributed by atoms with Crippen molar-refractivity contribution in [2.45, 2.75) is 44.8 Å². The molecule has 0 spiro atoms. The third-order valence-corrected chi connectivity index (χ3v) is 3.70. The van der Waals surface area contributed by atoms with Crippen LogP contribution in [0.15, 0.2) is 30.3 Å². The molecule has 1 aromatic rings. The lowest BCUT2D eigenvalue weighted by molar-refractivity contribution is 0.00660. The van der Waals surface area contributed by atoms with Gasteiger partial charge in [-0.3, -0.25) is 0 Å². The highest BCUT2D eigenvalue weighted by atomic mass is 16.5. The number of hydrogen-bond donors (Lipinski definition) is 1. The van der Waals surface area contributed by atoms with E-state index in [2.05, 4.69) is 24.3 Å². The molecule has 94 valence electrons. The van der Waals surface area contributed by atoms with Crippen LogP contribution in [0.5, 0.6) is 0 Å². The van der Waals surface area contributed by atoms with E-state index >= 15 is 0 Å². The van der Waals surface area contributed by atoms with E-state index in [4.69, 9.17) is 10.5 Å². The Kier molecular flexibility index (Phi) is 5.02. The fourth-order valence-corrected chi connectivity index (χ4v) is 2.61. The standard InChI is InChI=1S/C15H23NO/c16-11-10-13-6-8-15(9-7-13)17-12-14-4-2-1-3-5-14/h1-5,13,15H,6-12,16H2. The summed E-state index contributed by atoms with van der Waals surface area (Å²) in [6, 6.07) is 10.4. The second kappa shape index (κ2) is 6.77. The molecule has 2 rings (SSSR count). The zero-order chi connectivity index (χ0) is 11.9. The van der Waals surface area contributed by atoms with Crippen LogP contribution in [-0.2, 0) is 11.3 Å². The molecule has 0 unspecified atom stereocenters. The van der Waals surface area contributed by atoms with Gasteiger partial charge in [0, 0.05) is 0 Å². The van der Waals surface area contributed by atoms with Crippen LogP contribution in [0.3, 0.4) is 0 Å². The average molecular weight is 233 g/mol. The smallest absolute Gasteiger partial charge is 0.0720 e. The van der Waals surface area contributed by atoms with Crippen molar-refractivity contribution in [3.63, 3.8) is 0 Å². The average Bonchev–Trinajstić information content (AvgIpc) is 2.40. The Labute approximate surface area is 104 Å². The molecule has 0 aromatic heterocycles. The summed E-state index contributed by atoms with van der Waals surface area (Å²) in [6.45, 7) is 1.59. The number of hydrogen-bond acceptors (Lipinski definition) is 2. The third-order valence-electron chi connectivity index (χ3n) is 3.70. The van der Waals surface area contributed by atoms with Crippen molar-refractivity contribution in [3.05, 3.63) is 35.9 Å². The molecule has 0 bridgehead atoms. The van der Waals surface area contributed by atoms with Crippen molar-refractivity contribution in [3.8, 4) is 0 Å². The zero-order valence-electron chi connectivity index (χ0n) is 10.5. The maximum atomic E-state index is 5.96. The number of nitrogens with two attached hydrogens (primary N) is 1. The first-order valence-corrected chi connectivity index (χ1v) is 6.74. The summed E-state index contributed by atoms with van der Waals surface area (Å²) in [7, 11) is 0. The monoisotopic (exact) mass is 233 g/mol. The van der Waals surface area contributed by atoms with E-state index in [0.717, 1.165) is 19.1 Å². The molecule has 1 aromatic carbocycles. The van der Waals surface area contributed by atoms with E-state index < -0.39 is 0 Å². The third kappa shape index (κ3) is 4.14. The Balaban J connectivity index is 1.68. The highest BCUT2D eigenvalue weighted by molar-refractivity contribution is 5.13. The summed E-state index contributed by atoms with van der Waals surface area (Å²) in [6.07, 6.45) is 6.64. The lowest BCUT2D eigenvalue weighted by Gasteiger charge is -2.28. The van der Waals surface area contributed by atoms with Crippen molar-refractivity contribution in [1.82, 2.24) is 0 Å². The fraction of sp³-hybridized carbons (Fsp3) is 0.600. The first kappa shape index (κ1) is 12.6. The molecule has 0 heterocycles. The Morgan fingerprint density at radius 2 is 1.76 bits per heavy atom. The van der Waals surface area contributed by atoms with E-state index in [1.54, 1.807) is 0 Å². The largest absolute Gasteiger partial charge is 0.374 e. The molecule has 1 aliphatic carbocycles. The minimum Gasteiger partial charge on any atom is -0.374 e. The molecule has 2 nitrogen and oxygen atoms in total. The van der Waals surface area contributed by atoms with E-state index in [-0.39, 0.29) is 0 Å². The summed E-state index contributed by atoms with van der Waals surface area (Å²) in [5.41, 5.74) is 6.87. The van der Waals surface area contributed by atoms with E-state index in [0.29, 0.717) is 6.10 Å². The topological polar surface area (TPSA) is 35.2 Å². The molecule has 0 radical (unpaired) electrons. The van der Waals surface area contributed by atoms with Crippen LogP contribution in [-0.4, -0.2) is 12.6 Å². The van der Waals surface area contributed by atoms with Gasteiger partial charge in [-0.05, 0) is 50.1 Å². The molecule has 1 aliphatic rings.